The lowest BCUT2D eigenvalue weighted by molar-refractivity contribution is -0.129. The third-order valence-corrected chi connectivity index (χ3v) is 8.59. The van der Waals surface area contributed by atoms with Gasteiger partial charge in [0.1, 0.15) is 11.9 Å². The number of aromatic nitrogens is 2. The van der Waals surface area contributed by atoms with Gasteiger partial charge in [-0.3, -0.25) is 14.5 Å². The topological polar surface area (TPSA) is 93.0 Å². The van der Waals surface area contributed by atoms with Crippen molar-refractivity contribution < 1.29 is 14.0 Å². The van der Waals surface area contributed by atoms with Crippen molar-refractivity contribution in [3.05, 3.63) is 112 Å². The van der Waals surface area contributed by atoms with E-state index in [0.717, 1.165) is 50.5 Å². The standard InChI is InChI=1S/C33H30Cl2FN5O2/c34-27-7-5-20(13-28(27)35)16-39-33(43)31(14-22-17-37-29-4-2-1-3-24(22)29)40-32(42)19-41-11-9-21(10-12-41)26-18-38-30-8-6-23(36)15-25(26)30/h1-9,13,15,17-18,31,37-38H,10-12,14,16,19H2,(H,39,43)(H,40,42)/t31-/m1/s1. The van der Waals surface area contributed by atoms with Crippen LogP contribution in [0.1, 0.15) is 23.1 Å². The fourth-order valence-corrected chi connectivity index (χ4v) is 5.91. The number of fused-ring (bicyclic) bond motifs is 2. The Kier molecular flexibility index (Phi) is 8.51. The molecule has 1 atom stereocenters. The quantitative estimate of drug-likeness (QED) is 0.158. The minimum Gasteiger partial charge on any atom is -0.361 e. The predicted octanol–water partition coefficient (Wildman–Crippen LogP) is 6.23. The van der Waals surface area contributed by atoms with Gasteiger partial charge in [-0.15, -0.1) is 0 Å². The Morgan fingerprint density at radius 3 is 2.58 bits per heavy atom. The van der Waals surface area contributed by atoms with Crippen molar-refractivity contribution >= 4 is 62.4 Å². The minimum atomic E-state index is -0.786. The summed E-state index contributed by atoms with van der Waals surface area (Å²) in [6, 6.07) is 17.0. The molecule has 220 valence electrons. The molecule has 0 saturated heterocycles. The number of carbonyl (C=O) groups is 2. The van der Waals surface area contributed by atoms with E-state index in [9.17, 15) is 14.0 Å². The van der Waals surface area contributed by atoms with Gasteiger partial charge in [0.25, 0.3) is 0 Å². The average molecular weight is 619 g/mol. The number of aromatic amines is 2. The Morgan fingerprint density at radius 1 is 0.953 bits per heavy atom. The number of amides is 2. The highest BCUT2D eigenvalue weighted by atomic mass is 35.5. The van der Waals surface area contributed by atoms with Crippen LogP contribution in [0, 0.1) is 5.82 Å². The van der Waals surface area contributed by atoms with Crippen LogP contribution in [0.25, 0.3) is 27.4 Å². The molecule has 2 aromatic heterocycles. The van der Waals surface area contributed by atoms with E-state index in [4.69, 9.17) is 23.2 Å². The minimum absolute atomic E-state index is 0.150. The predicted molar refractivity (Wildman–Crippen MR) is 170 cm³/mol. The summed E-state index contributed by atoms with van der Waals surface area (Å²) in [4.78, 5) is 35.2. The molecule has 0 saturated carbocycles. The van der Waals surface area contributed by atoms with Crippen LogP contribution in [0.5, 0.6) is 0 Å². The summed E-state index contributed by atoms with van der Waals surface area (Å²) in [7, 11) is 0. The van der Waals surface area contributed by atoms with Crippen LogP contribution in [-0.2, 0) is 22.6 Å². The van der Waals surface area contributed by atoms with Crippen molar-refractivity contribution in [1.82, 2.24) is 25.5 Å². The summed E-state index contributed by atoms with van der Waals surface area (Å²) in [5, 5.41) is 8.62. The van der Waals surface area contributed by atoms with Crippen molar-refractivity contribution in [2.24, 2.45) is 0 Å². The lowest BCUT2D eigenvalue weighted by atomic mass is 9.99. The van der Waals surface area contributed by atoms with Gasteiger partial charge in [0, 0.05) is 65.8 Å². The number of H-pyrrole nitrogens is 2. The average Bonchev–Trinajstić information content (AvgIpc) is 3.61. The first-order chi connectivity index (χ1) is 20.8. The van der Waals surface area contributed by atoms with E-state index in [-0.39, 0.29) is 30.7 Å². The van der Waals surface area contributed by atoms with Crippen LogP contribution in [-0.4, -0.2) is 52.4 Å². The molecule has 7 nitrogen and oxygen atoms in total. The number of benzene rings is 3. The Bertz CT molecular complexity index is 1850. The third kappa shape index (κ3) is 6.62. The van der Waals surface area contributed by atoms with Gasteiger partial charge in [0.15, 0.2) is 0 Å². The molecule has 6 rings (SSSR count). The zero-order valence-electron chi connectivity index (χ0n) is 23.2. The summed E-state index contributed by atoms with van der Waals surface area (Å²) < 4.78 is 13.9. The Balaban J connectivity index is 1.13. The van der Waals surface area contributed by atoms with E-state index < -0.39 is 6.04 Å². The van der Waals surface area contributed by atoms with Crippen LogP contribution in [0.2, 0.25) is 10.0 Å². The summed E-state index contributed by atoms with van der Waals surface area (Å²) in [6.45, 7) is 1.63. The van der Waals surface area contributed by atoms with Crippen molar-refractivity contribution in [3.8, 4) is 0 Å². The van der Waals surface area contributed by atoms with Gasteiger partial charge in [-0.25, -0.2) is 4.39 Å². The first-order valence-electron chi connectivity index (χ1n) is 14.1. The summed E-state index contributed by atoms with van der Waals surface area (Å²) in [6.07, 6.45) is 6.91. The molecule has 0 spiro atoms. The maximum Gasteiger partial charge on any atom is 0.243 e. The molecule has 0 bridgehead atoms. The highest BCUT2D eigenvalue weighted by Gasteiger charge is 2.25. The second-order valence-corrected chi connectivity index (χ2v) is 11.6. The van der Waals surface area contributed by atoms with Gasteiger partial charge in [-0.05, 0) is 59.5 Å². The molecular weight excluding hydrogens is 588 g/mol. The van der Waals surface area contributed by atoms with E-state index in [0.29, 0.717) is 29.6 Å². The number of para-hydroxylation sites is 1. The molecule has 0 fully saturated rings. The maximum atomic E-state index is 13.9. The third-order valence-electron chi connectivity index (χ3n) is 7.85. The van der Waals surface area contributed by atoms with Crippen molar-refractivity contribution in [3.63, 3.8) is 0 Å². The van der Waals surface area contributed by atoms with E-state index in [1.165, 1.54) is 6.07 Å². The van der Waals surface area contributed by atoms with Gasteiger partial charge in [0.2, 0.25) is 11.8 Å². The zero-order chi connectivity index (χ0) is 29.9. The van der Waals surface area contributed by atoms with E-state index in [2.05, 4.69) is 26.7 Å². The molecule has 3 heterocycles. The first kappa shape index (κ1) is 29.0. The normalized spacial score (nSPS) is 14.5. The Morgan fingerprint density at radius 2 is 1.77 bits per heavy atom. The highest BCUT2D eigenvalue weighted by molar-refractivity contribution is 6.42. The van der Waals surface area contributed by atoms with Gasteiger partial charge in [-0.1, -0.05) is 53.5 Å². The highest BCUT2D eigenvalue weighted by Crippen LogP contribution is 2.30. The van der Waals surface area contributed by atoms with Gasteiger partial charge >= 0.3 is 0 Å². The van der Waals surface area contributed by atoms with Crippen LogP contribution in [0.4, 0.5) is 4.39 Å². The lowest BCUT2D eigenvalue weighted by Gasteiger charge is -2.27. The molecule has 1 aliphatic heterocycles. The molecule has 4 N–H and O–H groups in total. The fourth-order valence-electron chi connectivity index (χ4n) is 5.59. The zero-order valence-corrected chi connectivity index (χ0v) is 24.7. The maximum absolute atomic E-state index is 13.9. The monoisotopic (exact) mass is 617 g/mol. The number of hydrogen-bond acceptors (Lipinski definition) is 3. The summed E-state index contributed by atoms with van der Waals surface area (Å²) >= 11 is 12.2. The molecule has 5 aromatic rings. The number of carbonyl (C=O) groups excluding carboxylic acids is 2. The number of nitrogens with zero attached hydrogens (tertiary/aromatic N) is 1. The van der Waals surface area contributed by atoms with Gasteiger partial charge in [0.05, 0.1) is 16.6 Å². The van der Waals surface area contributed by atoms with Crippen molar-refractivity contribution in [2.45, 2.75) is 25.4 Å². The van der Waals surface area contributed by atoms with Gasteiger partial charge in [-0.2, -0.15) is 0 Å². The number of nitrogens with one attached hydrogen (secondary N) is 4. The molecule has 1 aliphatic rings. The SMILES string of the molecule is O=C(CN1CC=C(c2c[nH]c3ccc(F)cc23)CC1)N[C@H](Cc1c[nH]c2ccccc12)C(=O)NCc1ccc(Cl)c(Cl)c1. The molecule has 2 amide bonds. The van der Waals surface area contributed by atoms with Crippen LogP contribution in [0.15, 0.2) is 79.1 Å². The van der Waals surface area contributed by atoms with Gasteiger partial charge < -0.3 is 20.6 Å². The summed E-state index contributed by atoms with van der Waals surface area (Å²) in [5.41, 5.74) is 5.69. The van der Waals surface area contributed by atoms with Crippen molar-refractivity contribution in [1.29, 1.82) is 0 Å². The molecule has 0 aliphatic carbocycles. The molecule has 0 radical (unpaired) electrons. The first-order valence-corrected chi connectivity index (χ1v) is 14.8. The largest absolute Gasteiger partial charge is 0.361 e. The smallest absolute Gasteiger partial charge is 0.243 e. The van der Waals surface area contributed by atoms with E-state index >= 15 is 0 Å². The van der Waals surface area contributed by atoms with Crippen molar-refractivity contribution in [2.75, 3.05) is 19.6 Å². The lowest BCUT2D eigenvalue weighted by Crippen LogP contribution is -2.50. The second kappa shape index (κ2) is 12.6. The molecule has 10 heteroatoms. The molecule has 3 aromatic carbocycles. The van der Waals surface area contributed by atoms with Crippen LogP contribution < -0.4 is 10.6 Å². The molecule has 43 heavy (non-hydrogen) atoms. The number of halogens is 3. The molecule has 0 unspecified atom stereocenters. The van der Waals surface area contributed by atoms with Crippen LogP contribution in [0.3, 0.4) is 0 Å². The fraction of sp³-hybridized carbons (Fsp3) is 0.212. The Hall–Kier alpha value is -4.11. The summed E-state index contributed by atoms with van der Waals surface area (Å²) in [5.74, 6) is -0.802. The number of hydrogen-bond donors (Lipinski definition) is 4. The second-order valence-electron chi connectivity index (χ2n) is 10.8. The van der Waals surface area contributed by atoms with E-state index in [1.54, 1.807) is 30.3 Å². The van der Waals surface area contributed by atoms with E-state index in [1.807, 2.05) is 41.6 Å². The Labute approximate surface area is 258 Å². The number of rotatable bonds is 9. The van der Waals surface area contributed by atoms with Crippen LogP contribution >= 0.6 is 23.2 Å². The molecular formula is C33H30Cl2FN5O2.